The molecule has 3 aliphatic heterocycles. The molecule has 14 heteroatoms. The second-order valence-corrected chi connectivity index (χ2v) is 14.2. The second kappa shape index (κ2) is 15.6. The Morgan fingerprint density at radius 3 is 2.24 bits per heavy atom. The van der Waals surface area contributed by atoms with Crippen LogP contribution in [0.4, 0.5) is 18.9 Å². The summed E-state index contributed by atoms with van der Waals surface area (Å²) in [6.07, 6.45) is 0.173. The van der Waals surface area contributed by atoms with Crippen LogP contribution in [-0.4, -0.2) is 82.7 Å². The van der Waals surface area contributed by atoms with Gasteiger partial charge in [-0.3, -0.25) is 14.6 Å². The maximum atomic E-state index is 14.1. The highest BCUT2D eigenvalue weighted by atomic mass is 35.5. The van der Waals surface area contributed by atoms with Crippen molar-refractivity contribution in [1.29, 1.82) is 0 Å². The Morgan fingerprint density at radius 1 is 0.960 bits per heavy atom. The maximum absolute atomic E-state index is 14.1. The molecule has 2 aromatic carbocycles. The summed E-state index contributed by atoms with van der Waals surface area (Å²) in [6, 6.07) is 11.6. The summed E-state index contributed by atoms with van der Waals surface area (Å²) in [7, 11) is 1.38. The van der Waals surface area contributed by atoms with Crippen molar-refractivity contribution < 1.29 is 22.8 Å². The first-order chi connectivity index (χ1) is 24.0. The molecule has 3 saturated heterocycles. The standard InChI is InChI=1S/C36H45ClF3N7O3/c1-41-32-29(36(38,39)40)20-23(21-30(32)37)19-27(34(49)46-15-9-25(10-16-46)24-7-13-42-14-8-24)22-31(48)45-17-11-28(12-18-45)47-35(50)43-33(44-47)26-5-3-2-4-6-26/h2-6,20-21,24-25,27-28,41-42H,7-19,22H2,1H3,(H,43,44,50)/t27-/m0/s1. The number of amides is 2. The lowest BCUT2D eigenvalue weighted by Crippen LogP contribution is -2.46. The predicted molar refractivity (Wildman–Crippen MR) is 186 cm³/mol. The minimum absolute atomic E-state index is 0.0486. The van der Waals surface area contributed by atoms with Crippen LogP contribution in [0, 0.1) is 17.8 Å². The van der Waals surface area contributed by atoms with E-state index in [1.165, 1.54) is 17.8 Å². The molecule has 3 N–H and O–H groups in total. The summed E-state index contributed by atoms with van der Waals surface area (Å²) in [5.74, 6) is 0.346. The molecule has 0 spiro atoms. The number of likely N-dealkylation sites (tertiary alicyclic amines) is 2. The minimum atomic E-state index is -4.66. The lowest BCUT2D eigenvalue weighted by molar-refractivity contribution is -0.143. The Hall–Kier alpha value is -3.84. The van der Waals surface area contributed by atoms with Crippen molar-refractivity contribution in [1.82, 2.24) is 29.9 Å². The highest BCUT2D eigenvalue weighted by Crippen LogP contribution is 2.40. The van der Waals surface area contributed by atoms with Crippen LogP contribution in [0.25, 0.3) is 11.4 Å². The van der Waals surface area contributed by atoms with E-state index in [2.05, 4.69) is 20.7 Å². The van der Waals surface area contributed by atoms with Gasteiger partial charge >= 0.3 is 11.9 Å². The smallest absolute Gasteiger partial charge is 0.386 e. The molecule has 3 aromatic rings. The van der Waals surface area contributed by atoms with Gasteiger partial charge in [0.1, 0.15) is 0 Å². The number of alkyl halides is 3. The van der Waals surface area contributed by atoms with Crippen molar-refractivity contribution in [3.8, 4) is 11.4 Å². The van der Waals surface area contributed by atoms with Crippen LogP contribution in [0.15, 0.2) is 47.3 Å². The molecule has 2 amide bonds. The number of carbonyl (C=O) groups excluding carboxylic acids is 2. The van der Waals surface area contributed by atoms with Gasteiger partial charge in [0.05, 0.1) is 28.2 Å². The third-order valence-corrected chi connectivity index (χ3v) is 11.0. The van der Waals surface area contributed by atoms with Crippen LogP contribution >= 0.6 is 11.6 Å². The van der Waals surface area contributed by atoms with Crippen LogP contribution in [0.5, 0.6) is 0 Å². The second-order valence-electron chi connectivity index (χ2n) is 13.8. The number of carbonyl (C=O) groups is 2. The number of nitrogens with zero attached hydrogens (tertiary/aromatic N) is 4. The Morgan fingerprint density at radius 2 is 1.60 bits per heavy atom. The first-order valence-corrected chi connectivity index (χ1v) is 18.0. The molecule has 3 aliphatic rings. The first kappa shape index (κ1) is 36.0. The number of aromatic nitrogens is 3. The van der Waals surface area contributed by atoms with Gasteiger partial charge in [-0.1, -0.05) is 41.9 Å². The fraction of sp³-hybridized carbons (Fsp3) is 0.556. The van der Waals surface area contributed by atoms with E-state index in [0.717, 1.165) is 50.4 Å². The number of benzene rings is 2. The molecule has 50 heavy (non-hydrogen) atoms. The van der Waals surface area contributed by atoms with E-state index in [0.29, 0.717) is 56.7 Å². The zero-order valence-electron chi connectivity index (χ0n) is 28.3. The Balaban J connectivity index is 1.15. The zero-order chi connectivity index (χ0) is 35.4. The number of halogens is 4. The molecule has 0 unspecified atom stereocenters. The molecule has 0 saturated carbocycles. The fourth-order valence-electron chi connectivity index (χ4n) is 7.96. The molecular weight excluding hydrogens is 671 g/mol. The number of hydrogen-bond donors (Lipinski definition) is 3. The number of nitrogens with one attached hydrogen (secondary N) is 3. The molecule has 270 valence electrons. The van der Waals surface area contributed by atoms with Gasteiger partial charge in [0.25, 0.3) is 0 Å². The lowest BCUT2D eigenvalue weighted by Gasteiger charge is -2.39. The third kappa shape index (κ3) is 8.20. The monoisotopic (exact) mass is 715 g/mol. The van der Waals surface area contributed by atoms with Crippen LogP contribution in [0.1, 0.15) is 62.1 Å². The van der Waals surface area contributed by atoms with Crippen LogP contribution in [0.3, 0.4) is 0 Å². The lowest BCUT2D eigenvalue weighted by atomic mass is 9.79. The quantitative estimate of drug-likeness (QED) is 0.266. The molecule has 0 aliphatic carbocycles. The molecule has 0 bridgehead atoms. The van der Waals surface area contributed by atoms with Gasteiger partial charge in [0.15, 0.2) is 5.82 Å². The van der Waals surface area contributed by atoms with Crippen molar-refractivity contribution in [2.75, 3.05) is 51.6 Å². The molecule has 1 atom stereocenters. The van der Waals surface area contributed by atoms with Crippen molar-refractivity contribution in [3.05, 3.63) is 69.1 Å². The third-order valence-electron chi connectivity index (χ3n) is 10.7. The van der Waals surface area contributed by atoms with Crippen molar-refractivity contribution in [2.45, 2.75) is 63.6 Å². The number of piperidine rings is 3. The summed E-state index contributed by atoms with van der Waals surface area (Å²) in [5.41, 5.74) is -0.399. The van der Waals surface area contributed by atoms with E-state index in [4.69, 9.17) is 11.6 Å². The molecule has 3 fully saturated rings. The van der Waals surface area contributed by atoms with E-state index in [-0.39, 0.29) is 52.7 Å². The Kier molecular flexibility index (Phi) is 11.2. The molecule has 1 aromatic heterocycles. The van der Waals surface area contributed by atoms with E-state index < -0.39 is 17.7 Å². The molecule has 0 radical (unpaired) electrons. The summed E-state index contributed by atoms with van der Waals surface area (Å²) < 4.78 is 43.5. The van der Waals surface area contributed by atoms with Gasteiger partial charge in [0, 0.05) is 45.2 Å². The molecule has 4 heterocycles. The van der Waals surface area contributed by atoms with Crippen molar-refractivity contribution in [3.63, 3.8) is 0 Å². The van der Waals surface area contributed by atoms with Crippen LogP contribution < -0.4 is 16.3 Å². The zero-order valence-corrected chi connectivity index (χ0v) is 29.0. The highest BCUT2D eigenvalue weighted by Gasteiger charge is 2.37. The predicted octanol–water partition coefficient (Wildman–Crippen LogP) is 5.60. The van der Waals surface area contributed by atoms with Gasteiger partial charge in [0.2, 0.25) is 11.8 Å². The summed E-state index contributed by atoms with van der Waals surface area (Å²) in [6.45, 7) is 3.89. The SMILES string of the molecule is CNc1c(Cl)cc(C[C@@H](CC(=O)N2CCC(n3nc(-c4ccccc4)[nH]c3=O)CC2)C(=O)N2CCC(C3CCNCC3)CC2)cc1C(F)(F)F. The van der Waals surface area contributed by atoms with E-state index >= 15 is 0 Å². The average molecular weight is 716 g/mol. The van der Waals surface area contributed by atoms with Gasteiger partial charge in [-0.05, 0) is 87.6 Å². The van der Waals surface area contributed by atoms with E-state index in [1.54, 1.807) is 9.80 Å². The first-order valence-electron chi connectivity index (χ1n) is 17.6. The van der Waals surface area contributed by atoms with Gasteiger partial charge in [-0.2, -0.15) is 13.2 Å². The van der Waals surface area contributed by atoms with E-state index in [1.807, 2.05) is 30.3 Å². The highest BCUT2D eigenvalue weighted by molar-refractivity contribution is 6.33. The molecular formula is C36H45ClF3N7O3. The maximum Gasteiger partial charge on any atom is 0.418 e. The summed E-state index contributed by atoms with van der Waals surface area (Å²) >= 11 is 6.31. The number of hydrogen-bond acceptors (Lipinski definition) is 6. The topological polar surface area (TPSA) is 115 Å². The van der Waals surface area contributed by atoms with Crippen LogP contribution in [0.2, 0.25) is 5.02 Å². The summed E-state index contributed by atoms with van der Waals surface area (Å²) in [5, 5.41) is 10.4. The van der Waals surface area contributed by atoms with Gasteiger partial charge in [-0.15, -0.1) is 5.10 Å². The number of rotatable bonds is 9. The fourth-order valence-corrected chi connectivity index (χ4v) is 8.30. The average Bonchev–Trinajstić information content (AvgIpc) is 3.52. The summed E-state index contributed by atoms with van der Waals surface area (Å²) in [4.78, 5) is 47.0. The largest absolute Gasteiger partial charge is 0.418 e. The normalized spacial score (nSPS) is 19.1. The van der Waals surface area contributed by atoms with Crippen molar-refractivity contribution in [2.24, 2.45) is 17.8 Å². The van der Waals surface area contributed by atoms with Crippen LogP contribution in [-0.2, 0) is 22.2 Å². The number of H-pyrrole nitrogens is 1. The number of anilines is 1. The van der Waals surface area contributed by atoms with E-state index in [9.17, 15) is 27.6 Å². The Bertz CT molecular complexity index is 1690. The van der Waals surface area contributed by atoms with Crippen molar-refractivity contribution >= 4 is 29.1 Å². The van der Waals surface area contributed by atoms with Gasteiger partial charge < -0.3 is 20.4 Å². The molecule has 10 nitrogen and oxygen atoms in total. The Labute approximate surface area is 294 Å². The molecule has 6 rings (SSSR count). The van der Waals surface area contributed by atoms with Gasteiger partial charge in [-0.25, -0.2) is 9.48 Å². The minimum Gasteiger partial charge on any atom is -0.386 e. The number of aromatic amines is 1.